The van der Waals surface area contributed by atoms with Gasteiger partial charge >= 0.3 is 0 Å². The first kappa shape index (κ1) is 32.2. The third kappa shape index (κ3) is 8.23. The minimum atomic E-state index is -4.21. The fraction of sp³-hybridized carbons (Fsp3) is 0.235. The topological polar surface area (TPSA) is 96.0 Å². The zero-order chi connectivity index (χ0) is 31.7. The molecule has 1 N–H and O–H groups in total. The fourth-order valence-corrected chi connectivity index (χ4v) is 6.08. The predicted octanol–water partition coefficient (Wildman–Crippen LogP) is 6.15. The van der Waals surface area contributed by atoms with E-state index in [9.17, 15) is 22.4 Å². The third-order valence-corrected chi connectivity index (χ3v) is 8.58. The van der Waals surface area contributed by atoms with Crippen molar-refractivity contribution in [1.82, 2.24) is 10.2 Å². The number of nitrogens with one attached hydrogen (secondary N) is 1. The Kier molecular flexibility index (Phi) is 10.7. The zero-order valence-electron chi connectivity index (χ0n) is 24.9. The largest absolute Gasteiger partial charge is 0.457 e. The average molecular weight is 618 g/mol. The second kappa shape index (κ2) is 14.7. The number of para-hydroxylation sites is 1. The number of amides is 2. The summed E-state index contributed by atoms with van der Waals surface area (Å²) in [4.78, 5) is 28.7. The van der Waals surface area contributed by atoms with Gasteiger partial charge in [-0.2, -0.15) is 0 Å². The molecule has 0 fully saturated rings. The molecule has 2 amide bonds. The van der Waals surface area contributed by atoms with Crippen LogP contribution in [0.1, 0.15) is 32.8 Å². The second-order valence-corrected chi connectivity index (χ2v) is 12.3. The molecule has 0 heterocycles. The van der Waals surface area contributed by atoms with Crippen LogP contribution in [-0.4, -0.2) is 43.8 Å². The monoisotopic (exact) mass is 617 g/mol. The highest BCUT2D eigenvalue weighted by Gasteiger charge is 2.33. The van der Waals surface area contributed by atoms with Gasteiger partial charge in [0.1, 0.15) is 29.9 Å². The molecular formula is C34H36FN3O5S. The quantitative estimate of drug-likeness (QED) is 0.194. The van der Waals surface area contributed by atoms with E-state index in [4.69, 9.17) is 4.74 Å². The van der Waals surface area contributed by atoms with E-state index < -0.39 is 34.3 Å². The van der Waals surface area contributed by atoms with Crippen LogP contribution in [0.3, 0.4) is 0 Å². The summed E-state index contributed by atoms with van der Waals surface area (Å²) in [7, 11) is -4.21. The van der Waals surface area contributed by atoms with Gasteiger partial charge in [-0.15, -0.1) is 0 Å². The molecular weight excluding hydrogens is 581 g/mol. The molecule has 4 aromatic rings. The molecule has 0 saturated heterocycles. The average Bonchev–Trinajstić information content (AvgIpc) is 3.01. The van der Waals surface area contributed by atoms with Crippen molar-refractivity contribution >= 4 is 27.5 Å². The first-order valence-electron chi connectivity index (χ1n) is 14.3. The molecule has 10 heteroatoms. The Balaban J connectivity index is 1.71. The van der Waals surface area contributed by atoms with Gasteiger partial charge in [-0.25, -0.2) is 12.8 Å². The van der Waals surface area contributed by atoms with Crippen LogP contribution in [0.4, 0.5) is 10.1 Å². The molecule has 44 heavy (non-hydrogen) atoms. The molecule has 0 radical (unpaired) electrons. The standard InChI is InChI=1S/C34H36FN3O5S/c1-4-32(34(40)36-25(2)3)37(23-26-15-17-27(35)18-16-26)33(39)24-38(44(41,42)31-13-9-6-10-14-31)28-19-21-30(22-20-28)43-29-11-7-5-8-12-29/h5-22,25,32H,4,23-24H2,1-3H3,(H,36,40)/t32-/m1/s1. The summed E-state index contributed by atoms with van der Waals surface area (Å²) < 4.78 is 48.5. The zero-order valence-corrected chi connectivity index (χ0v) is 25.7. The minimum Gasteiger partial charge on any atom is -0.457 e. The van der Waals surface area contributed by atoms with E-state index in [1.807, 2.05) is 32.0 Å². The number of sulfonamides is 1. The number of ether oxygens (including phenoxy) is 1. The maximum absolute atomic E-state index is 14.1. The van der Waals surface area contributed by atoms with Crippen LogP contribution < -0.4 is 14.4 Å². The van der Waals surface area contributed by atoms with Crippen molar-refractivity contribution in [2.75, 3.05) is 10.8 Å². The number of anilines is 1. The number of benzene rings is 4. The lowest BCUT2D eigenvalue weighted by Crippen LogP contribution is -2.53. The third-order valence-electron chi connectivity index (χ3n) is 6.80. The van der Waals surface area contributed by atoms with E-state index >= 15 is 0 Å². The smallest absolute Gasteiger partial charge is 0.264 e. The fourth-order valence-electron chi connectivity index (χ4n) is 4.64. The molecule has 0 spiro atoms. The van der Waals surface area contributed by atoms with E-state index in [2.05, 4.69) is 5.32 Å². The SMILES string of the molecule is CC[C@H](C(=O)NC(C)C)N(Cc1ccc(F)cc1)C(=O)CN(c1ccc(Oc2ccccc2)cc1)S(=O)(=O)c1ccccc1. The van der Waals surface area contributed by atoms with Gasteiger partial charge < -0.3 is 15.0 Å². The Bertz CT molecular complexity index is 1630. The van der Waals surface area contributed by atoms with Crippen LogP contribution in [0.25, 0.3) is 0 Å². The lowest BCUT2D eigenvalue weighted by Gasteiger charge is -2.33. The van der Waals surface area contributed by atoms with Crippen molar-refractivity contribution in [2.24, 2.45) is 0 Å². The number of hydrogen-bond donors (Lipinski definition) is 1. The summed E-state index contributed by atoms with van der Waals surface area (Å²) in [5.74, 6) is -0.290. The van der Waals surface area contributed by atoms with Gasteiger partial charge in [-0.05, 0) is 86.5 Å². The van der Waals surface area contributed by atoms with Gasteiger partial charge in [0.25, 0.3) is 10.0 Å². The highest BCUT2D eigenvalue weighted by Crippen LogP contribution is 2.28. The van der Waals surface area contributed by atoms with Crippen LogP contribution in [0.5, 0.6) is 11.5 Å². The van der Waals surface area contributed by atoms with Crippen LogP contribution >= 0.6 is 0 Å². The number of halogens is 1. The van der Waals surface area contributed by atoms with Crippen LogP contribution in [0, 0.1) is 5.82 Å². The van der Waals surface area contributed by atoms with Crippen molar-refractivity contribution in [3.63, 3.8) is 0 Å². The van der Waals surface area contributed by atoms with Crippen molar-refractivity contribution in [3.05, 3.63) is 121 Å². The van der Waals surface area contributed by atoms with E-state index in [1.165, 1.54) is 41.3 Å². The molecule has 1 atom stereocenters. The molecule has 8 nitrogen and oxygen atoms in total. The summed E-state index contributed by atoms with van der Waals surface area (Å²) in [6, 6.07) is 27.9. The second-order valence-electron chi connectivity index (χ2n) is 10.5. The molecule has 0 saturated carbocycles. The molecule has 0 aliphatic rings. The molecule has 0 aliphatic carbocycles. The Morgan fingerprint density at radius 3 is 1.95 bits per heavy atom. The summed E-state index contributed by atoms with van der Waals surface area (Å²) in [6.07, 6.45) is 0.280. The Hall–Kier alpha value is -4.70. The van der Waals surface area contributed by atoms with Crippen molar-refractivity contribution < 1.29 is 27.1 Å². The van der Waals surface area contributed by atoms with Gasteiger partial charge in [0.15, 0.2) is 0 Å². The molecule has 230 valence electrons. The minimum absolute atomic E-state index is 0.00656. The number of hydrogen-bond acceptors (Lipinski definition) is 5. The van der Waals surface area contributed by atoms with Gasteiger partial charge in [-0.1, -0.05) is 55.5 Å². The Morgan fingerprint density at radius 2 is 1.39 bits per heavy atom. The van der Waals surface area contributed by atoms with Crippen LogP contribution in [-0.2, 0) is 26.2 Å². The predicted molar refractivity (Wildman–Crippen MR) is 168 cm³/mol. The molecule has 4 rings (SSSR count). The van der Waals surface area contributed by atoms with E-state index in [1.54, 1.807) is 61.5 Å². The molecule has 4 aromatic carbocycles. The maximum atomic E-state index is 14.1. The normalized spacial score (nSPS) is 11.9. The molecule has 0 bridgehead atoms. The number of carbonyl (C=O) groups is 2. The van der Waals surface area contributed by atoms with Crippen molar-refractivity contribution in [3.8, 4) is 11.5 Å². The number of rotatable bonds is 13. The highest BCUT2D eigenvalue weighted by atomic mass is 32.2. The van der Waals surface area contributed by atoms with E-state index in [0.29, 0.717) is 17.1 Å². The maximum Gasteiger partial charge on any atom is 0.264 e. The van der Waals surface area contributed by atoms with E-state index in [0.717, 1.165) is 4.31 Å². The highest BCUT2D eigenvalue weighted by molar-refractivity contribution is 7.92. The Labute approximate surface area is 258 Å². The molecule has 0 unspecified atom stereocenters. The molecule has 0 aliphatic heterocycles. The summed E-state index contributed by atoms with van der Waals surface area (Å²) in [5.41, 5.74) is 0.833. The van der Waals surface area contributed by atoms with Crippen molar-refractivity contribution in [2.45, 2.75) is 50.7 Å². The lowest BCUT2D eigenvalue weighted by atomic mass is 10.1. The van der Waals surface area contributed by atoms with Gasteiger partial charge in [0, 0.05) is 12.6 Å². The number of carbonyl (C=O) groups excluding carboxylic acids is 2. The summed E-state index contributed by atoms with van der Waals surface area (Å²) in [5, 5.41) is 2.85. The van der Waals surface area contributed by atoms with Crippen molar-refractivity contribution in [1.29, 1.82) is 0 Å². The lowest BCUT2D eigenvalue weighted by molar-refractivity contribution is -0.140. The summed E-state index contributed by atoms with van der Waals surface area (Å²) >= 11 is 0. The first-order valence-corrected chi connectivity index (χ1v) is 15.8. The van der Waals surface area contributed by atoms with Gasteiger partial charge in [-0.3, -0.25) is 13.9 Å². The van der Waals surface area contributed by atoms with Crippen LogP contribution in [0.2, 0.25) is 0 Å². The van der Waals surface area contributed by atoms with Crippen LogP contribution in [0.15, 0.2) is 114 Å². The first-order chi connectivity index (χ1) is 21.1. The van der Waals surface area contributed by atoms with Gasteiger partial charge in [0.2, 0.25) is 11.8 Å². The summed E-state index contributed by atoms with van der Waals surface area (Å²) in [6.45, 7) is 4.81. The van der Waals surface area contributed by atoms with E-state index in [-0.39, 0.29) is 35.5 Å². The van der Waals surface area contributed by atoms with Gasteiger partial charge in [0.05, 0.1) is 10.6 Å². The molecule has 0 aromatic heterocycles. The number of nitrogens with zero attached hydrogens (tertiary/aromatic N) is 2. The Morgan fingerprint density at radius 1 is 0.818 bits per heavy atom.